The van der Waals surface area contributed by atoms with E-state index in [0.29, 0.717) is 12.5 Å². The molecule has 2 rings (SSSR count). The third kappa shape index (κ3) is 3.95. The van der Waals surface area contributed by atoms with Crippen LogP contribution in [0.1, 0.15) is 35.2 Å². The first kappa shape index (κ1) is 13.3. The third-order valence-corrected chi connectivity index (χ3v) is 3.27. The van der Waals surface area contributed by atoms with Crippen molar-refractivity contribution in [2.75, 3.05) is 6.54 Å². The standard InChI is InChI=1S/C17H19NO/c1-14(15-8-4-2-5-9-15)12-13-18-17(19)16-10-6-3-7-11-16/h2-11,14H,12-13H2,1H3,(H,18,19). The number of benzene rings is 2. The number of hydrogen-bond donors (Lipinski definition) is 1. The van der Waals surface area contributed by atoms with Gasteiger partial charge in [0.15, 0.2) is 0 Å². The summed E-state index contributed by atoms with van der Waals surface area (Å²) in [6, 6.07) is 19.7. The molecule has 0 bridgehead atoms. The molecule has 0 heterocycles. The van der Waals surface area contributed by atoms with E-state index in [-0.39, 0.29) is 5.91 Å². The number of rotatable bonds is 5. The van der Waals surface area contributed by atoms with Gasteiger partial charge in [0, 0.05) is 12.1 Å². The minimum atomic E-state index is 0.000798. The van der Waals surface area contributed by atoms with Crippen molar-refractivity contribution in [3.05, 3.63) is 71.8 Å². The predicted molar refractivity (Wildman–Crippen MR) is 78.2 cm³/mol. The number of carbonyl (C=O) groups excluding carboxylic acids is 1. The molecule has 0 saturated carbocycles. The number of carbonyl (C=O) groups is 1. The maximum atomic E-state index is 11.9. The van der Waals surface area contributed by atoms with Crippen molar-refractivity contribution >= 4 is 5.91 Å². The van der Waals surface area contributed by atoms with E-state index >= 15 is 0 Å². The Kier molecular flexibility index (Phi) is 4.73. The largest absolute Gasteiger partial charge is 0.352 e. The highest BCUT2D eigenvalue weighted by molar-refractivity contribution is 5.94. The molecule has 1 unspecified atom stereocenters. The van der Waals surface area contributed by atoms with Crippen LogP contribution in [0, 0.1) is 0 Å². The van der Waals surface area contributed by atoms with Crippen molar-refractivity contribution < 1.29 is 4.79 Å². The molecule has 0 aromatic heterocycles. The minimum absolute atomic E-state index is 0.000798. The molecular weight excluding hydrogens is 234 g/mol. The maximum absolute atomic E-state index is 11.9. The fourth-order valence-electron chi connectivity index (χ4n) is 2.04. The summed E-state index contributed by atoms with van der Waals surface area (Å²) in [4.78, 5) is 11.9. The Bertz CT molecular complexity index is 507. The minimum Gasteiger partial charge on any atom is -0.352 e. The molecule has 0 saturated heterocycles. The Balaban J connectivity index is 1.79. The van der Waals surface area contributed by atoms with Gasteiger partial charge in [-0.15, -0.1) is 0 Å². The normalized spacial score (nSPS) is 11.8. The molecule has 1 atom stereocenters. The molecule has 2 aromatic carbocycles. The van der Waals surface area contributed by atoms with Crippen molar-refractivity contribution in [1.29, 1.82) is 0 Å². The van der Waals surface area contributed by atoms with Gasteiger partial charge in [-0.25, -0.2) is 0 Å². The summed E-state index contributed by atoms with van der Waals surface area (Å²) in [6.45, 7) is 2.88. The molecule has 0 fully saturated rings. The van der Waals surface area contributed by atoms with Crippen molar-refractivity contribution in [1.82, 2.24) is 5.32 Å². The van der Waals surface area contributed by atoms with E-state index in [4.69, 9.17) is 0 Å². The summed E-state index contributed by atoms with van der Waals surface area (Å²) in [6.07, 6.45) is 0.947. The van der Waals surface area contributed by atoms with Crippen LogP contribution in [-0.2, 0) is 0 Å². The van der Waals surface area contributed by atoms with Gasteiger partial charge >= 0.3 is 0 Å². The topological polar surface area (TPSA) is 29.1 Å². The number of nitrogens with one attached hydrogen (secondary N) is 1. The Labute approximate surface area is 114 Å². The highest BCUT2D eigenvalue weighted by Gasteiger charge is 2.07. The van der Waals surface area contributed by atoms with Gasteiger partial charge < -0.3 is 5.32 Å². The maximum Gasteiger partial charge on any atom is 0.251 e. The second kappa shape index (κ2) is 6.74. The van der Waals surface area contributed by atoms with E-state index in [1.165, 1.54) is 5.56 Å². The molecule has 0 aliphatic carbocycles. The van der Waals surface area contributed by atoms with Crippen LogP contribution >= 0.6 is 0 Å². The van der Waals surface area contributed by atoms with Gasteiger partial charge in [-0.3, -0.25) is 4.79 Å². The Morgan fingerprint density at radius 3 is 2.21 bits per heavy atom. The number of amides is 1. The van der Waals surface area contributed by atoms with Gasteiger partial charge in [0.25, 0.3) is 5.91 Å². The van der Waals surface area contributed by atoms with Crippen LogP contribution in [0.3, 0.4) is 0 Å². The van der Waals surface area contributed by atoms with Gasteiger partial charge in [-0.2, -0.15) is 0 Å². The fourth-order valence-corrected chi connectivity index (χ4v) is 2.04. The van der Waals surface area contributed by atoms with Crippen molar-refractivity contribution in [2.24, 2.45) is 0 Å². The van der Waals surface area contributed by atoms with E-state index in [9.17, 15) is 4.79 Å². The summed E-state index contributed by atoms with van der Waals surface area (Å²) in [5.41, 5.74) is 2.03. The lowest BCUT2D eigenvalue weighted by atomic mass is 9.98. The smallest absolute Gasteiger partial charge is 0.251 e. The van der Waals surface area contributed by atoms with Crippen molar-refractivity contribution in [3.8, 4) is 0 Å². The Morgan fingerprint density at radius 2 is 1.58 bits per heavy atom. The highest BCUT2D eigenvalue weighted by Crippen LogP contribution is 2.17. The van der Waals surface area contributed by atoms with Crippen LogP contribution in [0.25, 0.3) is 0 Å². The van der Waals surface area contributed by atoms with Crippen molar-refractivity contribution in [2.45, 2.75) is 19.3 Å². The van der Waals surface area contributed by atoms with E-state index in [0.717, 1.165) is 12.0 Å². The zero-order chi connectivity index (χ0) is 13.5. The summed E-state index contributed by atoms with van der Waals surface area (Å²) in [5, 5.41) is 2.96. The van der Waals surface area contributed by atoms with Crippen molar-refractivity contribution in [3.63, 3.8) is 0 Å². The first-order valence-corrected chi connectivity index (χ1v) is 6.65. The van der Waals surface area contributed by atoms with Crippen LogP contribution in [0.4, 0.5) is 0 Å². The molecule has 2 aromatic rings. The molecular formula is C17H19NO. The van der Waals surface area contributed by atoms with E-state index in [2.05, 4.69) is 24.4 Å². The molecule has 0 spiro atoms. The van der Waals surface area contributed by atoms with Crippen LogP contribution in [-0.4, -0.2) is 12.5 Å². The average molecular weight is 253 g/mol. The summed E-state index contributed by atoms with van der Waals surface area (Å²) >= 11 is 0. The van der Waals surface area contributed by atoms with Crippen LogP contribution in [0.15, 0.2) is 60.7 Å². The zero-order valence-corrected chi connectivity index (χ0v) is 11.2. The lowest BCUT2D eigenvalue weighted by Gasteiger charge is -2.12. The first-order valence-electron chi connectivity index (χ1n) is 6.65. The lowest BCUT2D eigenvalue weighted by Crippen LogP contribution is -2.25. The van der Waals surface area contributed by atoms with Gasteiger partial charge in [-0.1, -0.05) is 55.5 Å². The quantitative estimate of drug-likeness (QED) is 0.866. The third-order valence-electron chi connectivity index (χ3n) is 3.27. The lowest BCUT2D eigenvalue weighted by molar-refractivity contribution is 0.0952. The molecule has 2 heteroatoms. The summed E-state index contributed by atoms with van der Waals surface area (Å²) < 4.78 is 0. The molecule has 0 aliphatic heterocycles. The fraction of sp³-hybridized carbons (Fsp3) is 0.235. The van der Waals surface area contributed by atoms with E-state index < -0.39 is 0 Å². The number of hydrogen-bond acceptors (Lipinski definition) is 1. The van der Waals surface area contributed by atoms with Gasteiger partial charge in [0.2, 0.25) is 0 Å². The molecule has 98 valence electrons. The second-order valence-corrected chi connectivity index (χ2v) is 4.72. The van der Waals surface area contributed by atoms with Gasteiger partial charge in [-0.05, 0) is 30.0 Å². The highest BCUT2D eigenvalue weighted by atomic mass is 16.1. The Hall–Kier alpha value is -2.09. The molecule has 1 amide bonds. The monoisotopic (exact) mass is 253 g/mol. The Morgan fingerprint density at radius 1 is 1.00 bits per heavy atom. The second-order valence-electron chi connectivity index (χ2n) is 4.72. The molecule has 0 radical (unpaired) electrons. The SMILES string of the molecule is CC(CCNC(=O)c1ccccc1)c1ccccc1. The van der Waals surface area contributed by atoms with E-state index in [1.54, 1.807) is 0 Å². The molecule has 19 heavy (non-hydrogen) atoms. The van der Waals surface area contributed by atoms with Crippen LogP contribution in [0.2, 0.25) is 0 Å². The van der Waals surface area contributed by atoms with Gasteiger partial charge in [0.05, 0.1) is 0 Å². The van der Waals surface area contributed by atoms with Gasteiger partial charge in [0.1, 0.15) is 0 Å². The first-order chi connectivity index (χ1) is 9.27. The average Bonchev–Trinajstić information content (AvgIpc) is 2.49. The zero-order valence-electron chi connectivity index (χ0n) is 11.2. The van der Waals surface area contributed by atoms with E-state index in [1.807, 2.05) is 48.5 Å². The molecule has 2 nitrogen and oxygen atoms in total. The van der Waals surface area contributed by atoms with Crippen LogP contribution < -0.4 is 5.32 Å². The van der Waals surface area contributed by atoms with Crippen LogP contribution in [0.5, 0.6) is 0 Å². The summed E-state index contributed by atoms with van der Waals surface area (Å²) in [7, 11) is 0. The summed E-state index contributed by atoms with van der Waals surface area (Å²) in [5.74, 6) is 0.457. The molecule has 1 N–H and O–H groups in total. The molecule has 0 aliphatic rings. The predicted octanol–water partition coefficient (Wildman–Crippen LogP) is 3.61.